The van der Waals surface area contributed by atoms with Crippen molar-refractivity contribution in [3.63, 3.8) is 0 Å². The minimum absolute atomic E-state index is 0.132. The van der Waals surface area contributed by atoms with Crippen molar-refractivity contribution in [2.45, 2.75) is 6.92 Å². The number of hydrogen-bond acceptors (Lipinski definition) is 4. The van der Waals surface area contributed by atoms with Crippen molar-refractivity contribution in [3.05, 3.63) is 22.8 Å². The Balaban J connectivity index is 3.01. The van der Waals surface area contributed by atoms with Gasteiger partial charge in [-0.05, 0) is 13.0 Å². The average molecular weight is 201 g/mol. The van der Waals surface area contributed by atoms with Crippen LogP contribution in [0.1, 0.15) is 17.3 Å². The Hall–Kier alpha value is -1.29. The van der Waals surface area contributed by atoms with Gasteiger partial charge >= 0.3 is 5.97 Å². The van der Waals surface area contributed by atoms with Crippen molar-refractivity contribution in [1.29, 1.82) is 0 Å². The Morgan fingerprint density at radius 1 is 1.77 bits per heavy atom. The number of hydrogen-bond donors (Lipinski definition) is 1. The van der Waals surface area contributed by atoms with Crippen LogP contribution in [0.15, 0.2) is 12.3 Å². The van der Waals surface area contributed by atoms with E-state index in [1.54, 1.807) is 6.92 Å². The molecule has 5 heteroatoms. The summed E-state index contributed by atoms with van der Waals surface area (Å²) in [5.74, 6) is -0.353. The van der Waals surface area contributed by atoms with Gasteiger partial charge in [0.2, 0.25) is 0 Å². The van der Waals surface area contributed by atoms with E-state index in [9.17, 15) is 4.79 Å². The monoisotopic (exact) mass is 200 g/mol. The SMILES string of the molecule is CCOC(=O)c1ccnc(N)c1Cl. The van der Waals surface area contributed by atoms with E-state index in [-0.39, 0.29) is 16.4 Å². The van der Waals surface area contributed by atoms with Gasteiger partial charge in [0, 0.05) is 6.20 Å². The molecule has 0 aliphatic carbocycles. The van der Waals surface area contributed by atoms with Gasteiger partial charge in [0.25, 0.3) is 0 Å². The summed E-state index contributed by atoms with van der Waals surface area (Å²) in [6.45, 7) is 2.02. The summed E-state index contributed by atoms with van der Waals surface area (Å²) in [5, 5.41) is 0.140. The number of halogens is 1. The molecule has 0 aliphatic heterocycles. The van der Waals surface area contributed by atoms with E-state index < -0.39 is 5.97 Å². The summed E-state index contributed by atoms with van der Waals surface area (Å²) in [7, 11) is 0. The van der Waals surface area contributed by atoms with E-state index in [2.05, 4.69) is 4.98 Å². The lowest BCUT2D eigenvalue weighted by Crippen LogP contribution is -2.07. The van der Waals surface area contributed by atoms with Crippen molar-refractivity contribution in [2.24, 2.45) is 0 Å². The third-order valence-electron chi connectivity index (χ3n) is 1.41. The van der Waals surface area contributed by atoms with E-state index in [0.717, 1.165) is 0 Å². The van der Waals surface area contributed by atoms with Crippen LogP contribution in [0.2, 0.25) is 5.02 Å². The maximum absolute atomic E-state index is 11.2. The van der Waals surface area contributed by atoms with Crippen LogP contribution in [0.4, 0.5) is 5.82 Å². The zero-order valence-corrected chi connectivity index (χ0v) is 7.84. The van der Waals surface area contributed by atoms with Crippen LogP contribution in [0.5, 0.6) is 0 Å². The fourth-order valence-corrected chi connectivity index (χ4v) is 1.02. The molecule has 2 N–H and O–H groups in total. The molecule has 1 rings (SSSR count). The second-order valence-electron chi connectivity index (χ2n) is 2.28. The van der Waals surface area contributed by atoms with Crippen LogP contribution in [0.25, 0.3) is 0 Å². The Bertz CT molecular complexity index is 328. The molecule has 70 valence electrons. The van der Waals surface area contributed by atoms with Gasteiger partial charge in [0.15, 0.2) is 0 Å². The van der Waals surface area contributed by atoms with Crippen molar-refractivity contribution >= 4 is 23.4 Å². The predicted octanol–water partition coefficient (Wildman–Crippen LogP) is 1.49. The molecular formula is C8H9ClN2O2. The molecule has 1 heterocycles. The van der Waals surface area contributed by atoms with Crippen molar-refractivity contribution in [3.8, 4) is 0 Å². The van der Waals surface area contributed by atoms with Crippen molar-refractivity contribution < 1.29 is 9.53 Å². The number of nitrogen functional groups attached to an aromatic ring is 1. The number of nitrogens with two attached hydrogens (primary N) is 1. The number of esters is 1. The fraction of sp³-hybridized carbons (Fsp3) is 0.250. The lowest BCUT2D eigenvalue weighted by molar-refractivity contribution is 0.0526. The predicted molar refractivity (Wildman–Crippen MR) is 49.6 cm³/mol. The summed E-state index contributed by atoms with van der Waals surface area (Å²) in [5.41, 5.74) is 5.65. The van der Waals surface area contributed by atoms with Crippen LogP contribution in [-0.2, 0) is 4.74 Å². The molecule has 1 aromatic rings. The summed E-state index contributed by atoms with van der Waals surface area (Å²) < 4.78 is 4.76. The number of nitrogens with zero attached hydrogens (tertiary/aromatic N) is 1. The van der Waals surface area contributed by atoms with Crippen molar-refractivity contribution in [1.82, 2.24) is 4.98 Å². The van der Waals surface area contributed by atoms with E-state index in [0.29, 0.717) is 6.61 Å². The maximum atomic E-state index is 11.2. The largest absolute Gasteiger partial charge is 0.462 e. The normalized spacial score (nSPS) is 9.69. The molecule has 0 spiro atoms. The molecule has 0 saturated carbocycles. The van der Waals surface area contributed by atoms with Gasteiger partial charge in [0.1, 0.15) is 5.82 Å². The molecular weight excluding hydrogens is 192 g/mol. The summed E-state index contributed by atoms with van der Waals surface area (Å²) >= 11 is 5.74. The first-order valence-corrected chi connectivity index (χ1v) is 4.11. The highest BCUT2D eigenvalue weighted by atomic mass is 35.5. The summed E-state index contributed by atoms with van der Waals surface area (Å²) in [6.07, 6.45) is 1.41. The minimum Gasteiger partial charge on any atom is -0.462 e. The molecule has 0 aromatic carbocycles. The Labute approximate surface area is 80.7 Å². The maximum Gasteiger partial charge on any atom is 0.339 e. The Kier molecular flexibility index (Phi) is 3.08. The van der Waals surface area contributed by atoms with Gasteiger partial charge in [-0.25, -0.2) is 9.78 Å². The highest BCUT2D eigenvalue weighted by Crippen LogP contribution is 2.21. The number of carbonyl (C=O) groups is 1. The Morgan fingerprint density at radius 2 is 2.46 bits per heavy atom. The van der Waals surface area contributed by atoms with Gasteiger partial charge in [-0.3, -0.25) is 0 Å². The first kappa shape index (κ1) is 9.80. The number of pyridine rings is 1. The van der Waals surface area contributed by atoms with Crippen LogP contribution < -0.4 is 5.73 Å². The molecule has 0 bridgehead atoms. The molecule has 0 aliphatic rings. The van der Waals surface area contributed by atoms with E-state index in [4.69, 9.17) is 22.1 Å². The number of rotatable bonds is 2. The number of anilines is 1. The van der Waals surface area contributed by atoms with Gasteiger partial charge in [-0.1, -0.05) is 11.6 Å². The zero-order valence-electron chi connectivity index (χ0n) is 7.08. The lowest BCUT2D eigenvalue weighted by Gasteiger charge is -2.04. The van der Waals surface area contributed by atoms with Crippen LogP contribution in [0, 0.1) is 0 Å². The molecule has 13 heavy (non-hydrogen) atoms. The molecule has 0 amide bonds. The third-order valence-corrected chi connectivity index (χ3v) is 1.81. The molecule has 0 fully saturated rings. The minimum atomic E-state index is -0.485. The fourth-order valence-electron chi connectivity index (χ4n) is 0.826. The zero-order chi connectivity index (χ0) is 9.84. The standard InChI is InChI=1S/C8H9ClN2O2/c1-2-13-8(12)5-3-4-11-7(10)6(5)9/h3-4H,2H2,1H3,(H2,10,11). The van der Waals surface area contributed by atoms with Crippen molar-refractivity contribution in [2.75, 3.05) is 12.3 Å². The molecule has 0 unspecified atom stereocenters. The summed E-state index contributed by atoms with van der Waals surface area (Å²) in [4.78, 5) is 14.9. The second-order valence-corrected chi connectivity index (χ2v) is 2.66. The third kappa shape index (κ3) is 2.09. The van der Waals surface area contributed by atoms with Gasteiger partial charge < -0.3 is 10.5 Å². The van der Waals surface area contributed by atoms with Gasteiger partial charge in [-0.2, -0.15) is 0 Å². The van der Waals surface area contributed by atoms with Gasteiger partial charge in [-0.15, -0.1) is 0 Å². The second kappa shape index (κ2) is 4.09. The molecule has 4 nitrogen and oxygen atoms in total. The smallest absolute Gasteiger partial charge is 0.339 e. The molecule has 0 saturated heterocycles. The first-order chi connectivity index (χ1) is 6.16. The van der Waals surface area contributed by atoms with E-state index >= 15 is 0 Å². The van der Waals surface area contributed by atoms with Crippen LogP contribution >= 0.6 is 11.6 Å². The quantitative estimate of drug-likeness (QED) is 0.735. The highest BCUT2D eigenvalue weighted by Gasteiger charge is 2.13. The molecule has 0 radical (unpaired) electrons. The highest BCUT2D eigenvalue weighted by molar-refractivity contribution is 6.35. The number of aromatic nitrogens is 1. The van der Waals surface area contributed by atoms with E-state index in [1.807, 2.05) is 0 Å². The summed E-state index contributed by atoms with van der Waals surface area (Å²) in [6, 6.07) is 1.47. The lowest BCUT2D eigenvalue weighted by atomic mass is 10.2. The van der Waals surface area contributed by atoms with Crippen LogP contribution in [0.3, 0.4) is 0 Å². The Morgan fingerprint density at radius 3 is 3.08 bits per heavy atom. The number of carbonyl (C=O) groups excluding carboxylic acids is 1. The van der Waals surface area contributed by atoms with Crippen LogP contribution in [-0.4, -0.2) is 17.6 Å². The molecule has 1 aromatic heterocycles. The number of ether oxygens (including phenoxy) is 1. The molecule has 0 atom stereocenters. The van der Waals surface area contributed by atoms with Gasteiger partial charge in [0.05, 0.1) is 17.2 Å². The first-order valence-electron chi connectivity index (χ1n) is 3.74. The topological polar surface area (TPSA) is 65.2 Å². The average Bonchev–Trinajstić information content (AvgIpc) is 2.10. The van der Waals surface area contributed by atoms with E-state index in [1.165, 1.54) is 12.3 Å².